The number of allylic oxidation sites excluding steroid dienone is 1. The second-order valence-corrected chi connectivity index (χ2v) is 16.0. The number of aryl methyl sites for hydroxylation is 1. The number of hydrogen-bond acceptors (Lipinski definition) is 6. The van der Waals surface area contributed by atoms with Crippen LogP contribution in [0.5, 0.6) is 5.75 Å². The lowest BCUT2D eigenvalue weighted by atomic mass is 9.68. The van der Waals surface area contributed by atoms with Crippen LogP contribution in [-0.4, -0.2) is 50.5 Å². The van der Waals surface area contributed by atoms with Gasteiger partial charge in [-0.05, 0) is 111 Å². The minimum absolute atomic E-state index is 0.141. The zero-order valence-electron chi connectivity index (χ0n) is 24.5. The maximum atomic E-state index is 13.5. The first kappa shape index (κ1) is 29.2. The van der Waals surface area contributed by atoms with E-state index in [0.29, 0.717) is 55.6 Å². The largest absolute Gasteiger partial charge is 0.490 e. The van der Waals surface area contributed by atoms with Gasteiger partial charge in [0.15, 0.2) is 0 Å². The summed E-state index contributed by atoms with van der Waals surface area (Å²) in [5, 5.41) is 11.3. The summed E-state index contributed by atoms with van der Waals surface area (Å²) in [6, 6.07) is 11.5. The van der Waals surface area contributed by atoms with Gasteiger partial charge in [0.1, 0.15) is 5.75 Å². The van der Waals surface area contributed by atoms with E-state index in [0.717, 1.165) is 62.2 Å². The zero-order chi connectivity index (χ0) is 29.8. The summed E-state index contributed by atoms with van der Waals surface area (Å²) < 4.78 is 35.9. The number of aliphatic hydroxyl groups excluding tert-OH is 1. The van der Waals surface area contributed by atoms with Crippen LogP contribution in [-0.2, 0) is 21.9 Å². The molecule has 0 saturated heterocycles. The minimum atomic E-state index is -3.88. The molecule has 2 heterocycles. The molecule has 43 heavy (non-hydrogen) atoms. The van der Waals surface area contributed by atoms with Gasteiger partial charge in [-0.2, -0.15) is 0 Å². The number of nitrogens with zero attached hydrogens (tertiary/aromatic N) is 1. The summed E-state index contributed by atoms with van der Waals surface area (Å²) in [5.74, 6) is 0.937. The Bertz CT molecular complexity index is 1540. The molecule has 2 aliphatic heterocycles. The van der Waals surface area contributed by atoms with Crippen LogP contribution in [0.15, 0.2) is 48.6 Å². The Morgan fingerprint density at radius 2 is 1.95 bits per heavy atom. The van der Waals surface area contributed by atoms with Gasteiger partial charge < -0.3 is 14.7 Å². The highest BCUT2D eigenvalue weighted by Gasteiger charge is 2.44. The van der Waals surface area contributed by atoms with Gasteiger partial charge in [0.05, 0.1) is 23.6 Å². The lowest BCUT2D eigenvalue weighted by Gasteiger charge is -2.45. The number of nitrogens with one attached hydrogen (secondary N) is 1. The van der Waals surface area contributed by atoms with Crippen molar-refractivity contribution in [3.05, 3.63) is 70.3 Å². The fourth-order valence-electron chi connectivity index (χ4n) is 7.87. The smallest absolute Gasteiger partial charge is 0.264 e. The maximum Gasteiger partial charge on any atom is 0.264 e. The number of rotatable bonds is 2. The first-order valence-electron chi connectivity index (χ1n) is 15.9. The normalized spacial score (nSPS) is 32.8. The van der Waals surface area contributed by atoms with Crippen LogP contribution in [0.3, 0.4) is 0 Å². The van der Waals surface area contributed by atoms with Crippen LogP contribution >= 0.6 is 11.6 Å². The second kappa shape index (κ2) is 11.4. The Labute approximate surface area is 259 Å². The molecule has 0 radical (unpaired) electrons. The molecular weight excluding hydrogens is 584 g/mol. The predicted molar refractivity (Wildman–Crippen MR) is 168 cm³/mol. The molecule has 1 amide bonds. The molecule has 2 N–H and O–H groups in total. The summed E-state index contributed by atoms with van der Waals surface area (Å²) in [7, 11) is -3.88. The highest BCUT2D eigenvalue weighted by atomic mass is 35.5. The standard InChI is InChI=1S/C34H41ClN2O5S/c35-26-11-13-29-23(17-26)4-3-15-34(29)20-37-19-25-9-12-28(25)31(38)6-2-1-5-27(16-22-7-8-22)43(40,41)36-33(39)24-10-14-32(42-21-34)30(37)18-24/h2,6,10-11,13-14,17-18,22,25,27-28,31,38H,1,3-5,7-9,12,15-16,19-21H2,(H,36,39)/b6-2+/t25-,27+,28+,31-,34-/m0/s1. The van der Waals surface area contributed by atoms with E-state index in [4.69, 9.17) is 16.3 Å². The van der Waals surface area contributed by atoms with Gasteiger partial charge in [0.2, 0.25) is 10.0 Å². The van der Waals surface area contributed by atoms with E-state index in [1.54, 1.807) is 12.1 Å². The summed E-state index contributed by atoms with van der Waals surface area (Å²) in [5.41, 5.74) is 3.39. The number of benzene rings is 2. The number of carbonyl (C=O) groups excluding carboxylic acids is 1. The lowest BCUT2D eigenvalue weighted by molar-refractivity contribution is 0.0456. The second-order valence-electron chi connectivity index (χ2n) is 13.6. The summed E-state index contributed by atoms with van der Waals surface area (Å²) in [4.78, 5) is 15.8. The fraction of sp³-hybridized carbons (Fsp3) is 0.559. The highest BCUT2D eigenvalue weighted by molar-refractivity contribution is 7.90. The summed E-state index contributed by atoms with van der Waals surface area (Å²) in [6.45, 7) is 1.94. The Balaban J connectivity index is 1.27. The van der Waals surface area contributed by atoms with E-state index in [9.17, 15) is 18.3 Å². The summed E-state index contributed by atoms with van der Waals surface area (Å²) >= 11 is 6.40. The van der Waals surface area contributed by atoms with Crippen molar-refractivity contribution in [3.63, 3.8) is 0 Å². The molecule has 7 rings (SSSR count). The highest BCUT2D eigenvalue weighted by Crippen LogP contribution is 2.47. The van der Waals surface area contributed by atoms with E-state index >= 15 is 0 Å². The molecule has 2 aromatic carbocycles. The molecule has 0 aromatic heterocycles. The van der Waals surface area contributed by atoms with Crippen LogP contribution < -0.4 is 14.4 Å². The van der Waals surface area contributed by atoms with E-state index < -0.39 is 27.3 Å². The molecule has 2 bridgehead atoms. The van der Waals surface area contributed by atoms with Crippen molar-refractivity contribution in [3.8, 4) is 5.75 Å². The number of aliphatic hydroxyl groups is 1. The molecule has 0 unspecified atom stereocenters. The number of amides is 1. The average Bonchev–Trinajstić information content (AvgIpc) is 3.79. The molecule has 9 heteroatoms. The van der Waals surface area contributed by atoms with E-state index in [1.807, 2.05) is 24.3 Å². The SMILES string of the molecule is O=C1NS(=O)(=O)[C@@H](CC2CC2)CC/C=C/[C@H](O)[C@@H]2CC[C@H]2CN2C[C@@]3(CCCc4cc(Cl)ccc43)COc3ccc1cc32. The Morgan fingerprint density at radius 1 is 1.09 bits per heavy atom. The van der Waals surface area contributed by atoms with Crippen molar-refractivity contribution in [1.82, 2.24) is 4.72 Å². The minimum Gasteiger partial charge on any atom is -0.490 e. The molecular formula is C34H41ClN2O5S. The Kier molecular flexibility index (Phi) is 7.75. The molecule has 5 aliphatic rings. The Hall–Kier alpha value is -2.55. The molecule has 1 spiro atoms. The number of sulfonamides is 1. The molecule has 2 aromatic rings. The molecule has 3 aliphatic carbocycles. The molecule has 230 valence electrons. The van der Waals surface area contributed by atoms with Crippen molar-refractivity contribution < 1.29 is 23.1 Å². The van der Waals surface area contributed by atoms with Gasteiger partial charge in [0, 0.05) is 29.1 Å². The molecule has 2 fully saturated rings. The molecule has 5 atom stereocenters. The number of fused-ring (bicyclic) bond motifs is 4. The van der Waals surface area contributed by atoms with Crippen LogP contribution in [0.4, 0.5) is 5.69 Å². The quantitative estimate of drug-likeness (QED) is 0.412. The van der Waals surface area contributed by atoms with E-state index in [-0.39, 0.29) is 11.3 Å². The van der Waals surface area contributed by atoms with Gasteiger partial charge in [-0.25, -0.2) is 13.1 Å². The number of halogens is 1. The van der Waals surface area contributed by atoms with Gasteiger partial charge in [0.25, 0.3) is 5.91 Å². The number of carbonyl (C=O) groups is 1. The van der Waals surface area contributed by atoms with E-state index in [2.05, 4.69) is 21.8 Å². The van der Waals surface area contributed by atoms with Crippen molar-refractivity contribution in [2.45, 2.75) is 81.0 Å². The predicted octanol–water partition coefficient (Wildman–Crippen LogP) is 5.78. The third-order valence-electron chi connectivity index (χ3n) is 10.6. The van der Waals surface area contributed by atoms with E-state index in [1.165, 1.54) is 11.1 Å². The van der Waals surface area contributed by atoms with Crippen molar-refractivity contribution >= 4 is 33.2 Å². The summed E-state index contributed by atoms with van der Waals surface area (Å²) in [6.07, 6.45) is 11.8. The molecule has 7 nitrogen and oxygen atoms in total. The third kappa shape index (κ3) is 5.83. The van der Waals surface area contributed by atoms with Crippen LogP contribution in [0.25, 0.3) is 0 Å². The van der Waals surface area contributed by atoms with Crippen LogP contribution in [0.2, 0.25) is 5.02 Å². The average molecular weight is 625 g/mol. The van der Waals surface area contributed by atoms with Gasteiger partial charge >= 0.3 is 0 Å². The topological polar surface area (TPSA) is 95.9 Å². The van der Waals surface area contributed by atoms with Gasteiger partial charge in [-0.1, -0.05) is 42.7 Å². The number of anilines is 1. The third-order valence-corrected chi connectivity index (χ3v) is 12.6. The van der Waals surface area contributed by atoms with Crippen molar-refractivity contribution in [2.24, 2.45) is 17.8 Å². The first-order valence-corrected chi connectivity index (χ1v) is 17.8. The van der Waals surface area contributed by atoms with Gasteiger partial charge in [-0.15, -0.1) is 0 Å². The zero-order valence-corrected chi connectivity index (χ0v) is 26.1. The Morgan fingerprint density at radius 3 is 2.74 bits per heavy atom. The van der Waals surface area contributed by atoms with Gasteiger partial charge in [-0.3, -0.25) is 4.79 Å². The number of ether oxygens (including phenoxy) is 1. The van der Waals surface area contributed by atoms with Crippen molar-refractivity contribution in [1.29, 1.82) is 0 Å². The fourth-order valence-corrected chi connectivity index (χ4v) is 9.58. The number of hydrogen-bond donors (Lipinski definition) is 2. The molecule has 2 saturated carbocycles. The van der Waals surface area contributed by atoms with Crippen molar-refractivity contribution in [2.75, 3.05) is 24.6 Å². The van der Waals surface area contributed by atoms with Crippen LogP contribution in [0, 0.1) is 17.8 Å². The lowest BCUT2D eigenvalue weighted by Crippen LogP contribution is -2.49. The monoisotopic (exact) mass is 624 g/mol. The maximum absolute atomic E-state index is 13.5. The van der Waals surface area contributed by atoms with Crippen LogP contribution in [0.1, 0.15) is 79.3 Å². The first-order chi connectivity index (χ1) is 20.7.